The number of carboxylic acids is 1. The van der Waals surface area contributed by atoms with Crippen molar-refractivity contribution in [2.45, 2.75) is 53.0 Å². The molecule has 0 aliphatic rings. The second kappa shape index (κ2) is 13.5. The Morgan fingerprint density at radius 2 is 1.74 bits per heavy atom. The summed E-state index contributed by atoms with van der Waals surface area (Å²) in [5, 5.41) is 21.8. The van der Waals surface area contributed by atoms with Crippen LogP contribution in [0.15, 0.2) is 53.1 Å². The van der Waals surface area contributed by atoms with E-state index in [1.807, 2.05) is 45.0 Å². The van der Waals surface area contributed by atoms with Crippen LogP contribution in [0.2, 0.25) is 0 Å². The predicted octanol–water partition coefficient (Wildman–Crippen LogP) is 5.34. The number of carbonyl (C=O) groups is 3. The number of aromatic nitrogens is 1. The van der Waals surface area contributed by atoms with E-state index in [9.17, 15) is 14.4 Å². The number of rotatable bonds is 12. The molecular weight excluding hydrogens is 500 g/mol. The Balaban J connectivity index is 1.65. The summed E-state index contributed by atoms with van der Waals surface area (Å²) in [6, 6.07) is 13.5. The van der Waals surface area contributed by atoms with Crippen molar-refractivity contribution in [2.24, 2.45) is 11.8 Å². The molecule has 0 bridgehead atoms. The van der Waals surface area contributed by atoms with E-state index in [0.29, 0.717) is 40.6 Å². The molecule has 0 aliphatic carbocycles. The van der Waals surface area contributed by atoms with E-state index in [4.69, 9.17) is 14.4 Å². The van der Waals surface area contributed by atoms with Crippen molar-refractivity contribution in [2.75, 3.05) is 17.7 Å². The Hall–Kier alpha value is -4.34. The number of methoxy groups -OCH3 is 1. The molecule has 1 heterocycles. The van der Waals surface area contributed by atoms with Gasteiger partial charge in [0.2, 0.25) is 5.91 Å². The SMILES string of the molecule is COc1cc(CC(=O)NC(CC(C)C)c2cc(CC(C)C(=O)O)no2)ccc1NC(=O)Nc1ccccc1C. The van der Waals surface area contributed by atoms with Crippen LogP contribution in [-0.4, -0.2) is 35.3 Å². The number of hydrogen-bond donors (Lipinski definition) is 4. The van der Waals surface area contributed by atoms with Gasteiger partial charge in [0.15, 0.2) is 5.76 Å². The van der Waals surface area contributed by atoms with Gasteiger partial charge in [-0.1, -0.05) is 50.2 Å². The average molecular weight is 537 g/mol. The molecule has 4 N–H and O–H groups in total. The number of hydrogen-bond acceptors (Lipinski definition) is 6. The van der Waals surface area contributed by atoms with E-state index in [0.717, 1.165) is 5.56 Å². The highest BCUT2D eigenvalue weighted by Crippen LogP contribution is 2.27. The Morgan fingerprint density at radius 3 is 2.41 bits per heavy atom. The molecule has 0 saturated carbocycles. The van der Waals surface area contributed by atoms with Gasteiger partial charge in [-0.15, -0.1) is 0 Å². The lowest BCUT2D eigenvalue weighted by Gasteiger charge is -2.18. The van der Waals surface area contributed by atoms with Crippen LogP contribution in [0.5, 0.6) is 5.75 Å². The van der Waals surface area contributed by atoms with E-state index in [1.54, 1.807) is 31.2 Å². The molecule has 0 radical (unpaired) electrons. The Bertz CT molecular complexity index is 1300. The van der Waals surface area contributed by atoms with Crippen LogP contribution in [0.1, 0.15) is 55.8 Å². The summed E-state index contributed by atoms with van der Waals surface area (Å²) in [7, 11) is 1.50. The maximum atomic E-state index is 13.0. The molecule has 10 heteroatoms. The normalized spacial score (nSPS) is 12.5. The number of nitrogens with one attached hydrogen (secondary N) is 3. The largest absolute Gasteiger partial charge is 0.495 e. The van der Waals surface area contributed by atoms with Gasteiger partial charge in [0.05, 0.1) is 36.9 Å². The Labute approximate surface area is 228 Å². The van der Waals surface area contributed by atoms with Gasteiger partial charge >= 0.3 is 12.0 Å². The lowest BCUT2D eigenvalue weighted by Crippen LogP contribution is -2.30. The molecule has 2 atom stereocenters. The third-order valence-electron chi connectivity index (χ3n) is 6.17. The first kappa shape index (κ1) is 29.2. The quantitative estimate of drug-likeness (QED) is 0.244. The van der Waals surface area contributed by atoms with Crippen LogP contribution in [0.25, 0.3) is 0 Å². The summed E-state index contributed by atoms with van der Waals surface area (Å²) >= 11 is 0. The van der Waals surface area contributed by atoms with E-state index in [-0.39, 0.29) is 24.7 Å². The number of para-hydroxylation sites is 1. The van der Waals surface area contributed by atoms with Crippen molar-refractivity contribution in [3.05, 3.63) is 71.1 Å². The van der Waals surface area contributed by atoms with Crippen LogP contribution in [0.3, 0.4) is 0 Å². The monoisotopic (exact) mass is 536 g/mol. The maximum absolute atomic E-state index is 13.0. The summed E-state index contributed by atoms with van der Waals surface area (Å²) in [4.78, 5) is 36.7. The second-order valence-electron chi connectivity index (χ2n) is 10.0. The van der Waals surface area contributed by atoms with E-state index >= 15 is 0 Å². The molecule has 0 fully saturated rings. The molecule has 10 nitrogen and oxygen atoms in total. The highest BCUT2D eigenvalue weighted by molar-refractivity contribution is 6.01. The van der Waals surface area contributed by atoms with Gasteiger partial charge in [0.25, 0.3) is 0 Å². The summed E-state index contributed by atoms with van der Waals surface area (Å²) < 4.78 is 10.9. The lowest BCUT2D eigenvalue weighted by atomic mass is 10.00. The smallest absolute Gasteiger partial charge is 0.323 e. The Morgan fingerprint density at radius 1 is 1.03 bits per heavy atom. The number of nitrogens with zero attached hydrogens (tertiary/aromatic N) is 1. The van der Waals surface area contributed by atoms with Crippen LogP contribution < -0.4 is 20.7 Å². The van der Waals surface area contributed by atoms with Gasteiger partial charge in [0.1, 0.15) is 5.75 Å². The molecule has 39 heavy (non-hydrogen) atoms. The molecule has 0 aliphatic heterocycles. The van der Waals surface area contributed by atoms with Crippen molar-refractivity contribution in [3.8, 4) is 5.75 Å². The van der Waals surface area contributed by atoms with E-state index in [1.165, 1.54) is 7.11 Å². The molecular formula is C29H36N4O6. The Kier molecular flexibility index (Phi) is 10.1. The van der Waals surface area contributed by atoms with Crippen LogP contribution >= 0.6 is 0 Å². The topological polar surface area (TPSA) is 143 Å². The fraction of sp³-hybridized carbons (Fsp3) is 0.379. The van der Waals surface area contributed by atoms with Gasteiger partial charge in [-0.2, -0.15) is 0 Å². The van der Waals surface area contributed by atoms with Gasteiger partial charge in [0, 0.05) is 18.2 Å². The molecule has 0 spiro atoms. The summed E-state index contributed by atoms with van der Waals surface area (Å²) in [6.07, 6.45) is 0.944. The molecule has 2 unspecified atom stereocenters. The van der Waals surface area contributed by atoms with Crippen LogP contribution in [0, 0.1) is 18.8 Å². The zero-order chi connectivity index (χ0) is 28.5. The minimum Gasteiger partial charge on any atom is -0.495 e. The number of aliphatic carboxylic acids is 1. The van der Waals surface area contributed by atoms with Crippen molar-refractivity contribution in [1.29, 1.82) is 0 Å². The van der Waals surface area contributed by atoms with E-state index in [2.05, 4.69) is 21.1 Å². The standard InChI is InChI=1S/C29H36N4O6/c1-17(2)12-24(26-16-21(33-39-26)13-19(4)28(35)36)30-27(34)15-20-10-11-23(25(14-20)38-5)32-29(37)31-22-9-7-6-8-18(22)3/h6-11,14,16-17,19,24H,12-13,15H2,1-5H3,(H,30,34)(H,35,36)(H2,31,32,37). The van der Waals surface area contributed by atoms with Crippen molar-refractivity contribution < 1.29 is 28.8 Å². The molecule has 3 amide bonds. The van der Waals surface area contributed by atoms with Crippen molar-refractivity contribution in [3.63, 3.8) is 0 Å². The van der Waals surface area contributed by atoms with E-state index < -0.39 is 24.0 Å². The highest BCUT2D eigenvalue weighted by atomic mass is 16.5. The minimum atomic E-state index is -0.907. The highest BCUT2D eigenvalue weighted by Gasteiger charge is 2.23. The number of amides is 3. The zero-order valence-electron chi connectivity index (χ0n) is 22.9. The summed E-state index contributed by atoms with van der Waals surface area (Å²) in [6.45, 7) is 7.59. The van der Waals surface area contributed by atoms with Gasteiger partial charge < -0.3 is 30.3 Å². The number of ether oxygens (including phenoxy) is 1. The van der Waals surface area contributed by atoms with Crippen LogP contribution in [0.4, 0.5) is 16.2 Å². The zero-order valence-corrected chi connectivity index (χ0v) is 22.9. The summed E-state index contributed by atoms with van der Waals surface area (Å²) in [5.41, 5.74) is 3.34. The first-order valence-corrected chi connectivity index (χ1v) is 12.8. The number of carbonyl (C=O) groups excluding carboxylic acids is 2. The van der Waals surface area contributed by atoms with Gasteiger partial charge in [-0.25, -0.2) is 4.79 Å². The third kappa shape index (κ3) is 8.59. The first-order chi connectivity index (χ1) is 18.5. The fourth-order valence-corrected chi connectivity index (χ4v) is 4.08. The van der Waals surface area contributed by atoms with Gasteiger partial charge in [-0.3, -0.25) is 9.59 Å². The number of aryl methyl sites for hydroxylation is 1. The fourth-order valence-electron chi connectivity index (χ4n) is 4.08. The number of urea groups is 1. The third-order valence-corrected chi connectivity index (χ3v) is 6.17. The molecule has 3 aromatic rings. The molecule has 0 saturated heterocycles. The molecule has 208 valence electrons. The molecule has 1 aromatic heterocycles. The second-order valence-corrected chi connectivity index (χ2v) is 10.0. The lowest BCUT2D eigenvalue weighted by molar-refractivity contribution is -0.141. The maximum Gasteiger partial charge on any atom is 0.323 e. The number of carboxylic acid groups (broad SMARTS) is 1. The first-order valence-electron chi connectivity index (χ1n) is 12.8. The average Bonchev–Trinajstić information content (AvgIpc) is 3.34. The van der Waals surface area contributed by atoms with Crippen molar-refractivity contribution >= 4 is 29.3 Å². The number of anilines is 2. The molecule has 3 rings (SSSR count). The molecule has 2 aromatic carbocycles. The predicted molar refractivity (Wildman–Crippen MR) is 148 cm³/mol. The van der Waals surface area contributed by atoms with Gasteiger partial charge in [-0.05, 0) is 48.6 Å². The minimum absolute atomic E-state index is 0.0810. The van der Waals surface area contributed by atoms with Crippen molar-refractivity contribution in [1.82, 2.24) is 10.5 Å². The number of benzene rings is 2. The summed E-state index contributed by atoms with van der Waals surface area (Å²) in [5.74, 6) is -0.555. The van der Waals surface area contributed by atoms with Crippen LogP contribution in [-0.2, 0) is 22.4 Å².